The first-order chi connectivity index (χ1) is 9.53. The second-order valence-electron chi connectivity index (χ2n) is 4.54. The van der Waals surface area contributed by atoms with E-state index in [0.29, 0.717) is 12.8 Å². The average molecular weight is 279 g/mol. The number of benzene rings is 1. The number of nitrogens with one attached hydrogen (secondary N) is 1. The normalized spacial score (nSPS) is 13.3. The number of carbonyl (C=O) groups is 2. The molecule has 1 aromatic carbocycles. The van der Waals surface area contributed by atoms with Gasteiger partial charge in [0.05, 0.1) is 13.0 Å². The summed E-state index contributed by atoms with van der Waals surface area (Å²) < 4.78 is 5.08. The zero-order valence-corrected chi connectivity index (χ0v) is 12.1. The lowest BCUT2D eigenvalue weighted by molar-refractivity contribution is -0.142. The lowest BCUT2D eigenvalue weighted by Crippen LogP contribution is -2.42. The topological polar surface area (TPSA) is 75.6 Å². The quantitative estimate of drug-likeness (QED) is 0.802. The lowest BCUT2D eigenvalue weighted by Gasteiger charge is -2.19. The van der Waals surface area contributed by atoms with Crippen molar-refractivity contribution in [1.29, 1.82) is 0 Å². The molecule has 0 radical (unpaired) electrons. The summed E-state index contributed by atoms with van der Waals surface area (Å²) in [6.45, 7) is 3.63. The highest BCUT2D eigenvalue weighted by atomic mass is 16.5. The molecule has 1 rings (SSSR count). The molecular weight excluding hydrogens is 258 g/mol. The van der Waals surface area contributed by atoms with E-state index in [1.54, 1.807) is 26.2 Å². The van der Waals surface area contributed by atoms with Crippen molar-refractivity contribution in [3.63, 3.8) is 0 Å². The highest BCUT2D eigenvalue weighted by Gasteiger charge is 2.24. The van der Waals surface area contributed by atoms with Gasteiger partial charge < -0.3 is 15.2 Å². The summed E-state index contributed by atoms with van der Waals surface area (Å²) in [6, 6.07) is 6.40. The van der Waals surface area contributed by atoms with Crippen LogP contribution in [-0.2, 0) is 9.59 Å². The van der Waals surface area contributed by atoms with Crippen LogP contribution in [0.15, 0.2) is 24.3 Å². The van der Waals surface area contributed by atoms with Crippen molar-refractivity contribution >= 4 is 11.9 Å². The number of hydrogen-bond acceptors (Lipinski definition) is 3. The molecule has 0 heterocycles. The van der Waals surface area contributed by atoms with Gasteiger partial charge in [0.2, 0.25) is 5.91 Å². The van der Waals surface area contributed by atoms with Crippen molar-refractivity contribution in [2.75, 3.05) is 7.11 Å². The summed E-state index contributed by atoms with van der Waals surface area (Å²) in [5.74, 6) is -0.896. The smallest absolute Gasteiger partial charge is 0.326 e. The van der Waals surface area contributed by atoms with Gasteiger partial charge in [-0.3, -0.25) is 4.79 Å². The summed E-state index contributed by atoms with van der Waals surface area (Å²) in [7, 11) is 1.58. The van der Waals surface area contributed by atoms with Gasteiger partial charge in [0.25, 0.3) is 0 Å². The Morgan fingerprint density at radius 3 is 2.20 bits per heavy atom. The molecule has 0 aliphatic rings. The van der Waals surface area contributed by atoms with Crippen LogP contribution in [0.25, 0.3) is 0 Å². The zero-order valence-electron chi connectivity index (χ0n) is 12.1. The van der Waals surface area contributed by atoms with Crippen molar-refractivity contribution < 1.29 is 19.4 Å². The van der Waals surface area contributed by atoms with E-state index in [4.69, 9.17) is 9.84 Å². The van der Waals surface area contributed by atoms with E-state index in [0.717, 1.165) is 11.3 Å². The summed E-state index contributed by atoms with van der Waals surface area (Å²) >= 11 is 0. The highest BCUT2D eigenvalue weighted by molar-refractivity contribution is 5.88. The number of ether oxygens (including phenoxy) is 1. The fourth-order valence-electron chi connectivity index (χ4n) is 2.02. The Kier molecular flexibility index (Phi) is 6.03. The molecule has 5 nitrogen and oxygen atoms in total. The first-order valence-electron chi connectivity index (χ1n) is 6.70. The molecule has 0 spiro atoms. The maximum Gasteiger partial charge on any atom is 0.326 e. The molecule has 2 unspecified atom stereocenters. The minimum Gasteiger partial charge on any atom is -0.497 e. The molecule has 110 valence electrons. The predicted molar refractivity (Wildman–Crippen MR) is 75.9 cm³/mol. The van der Waals surface area contributed by atoms with Crippen LogP contribution >= 0.6 is 0 Å². The number of rotatable bonds is 7. The van der Waals surface area contributed by atoms with Crippen LogP contribution in [0.1, 0.15) is 38.2 Å². The van der Waals surface area contributed by atoms with Gasteiger partial charge >= 0.3 is 5.97 Å². The van der Waals surface area contributed by atoms with E-state index >= 15 is 0 Å². The molecule has 0 bridgehead atoms. The Morgan fingerprint density at radius 2 is 1.80 bits per heavy atom. The molecule has 20 heavy (non-hydrogen) atoms. The Balaban J connectivity index is 2.83. The van der Waals surface area contributed by atoms with Gasteiger partial charge in [-0.1, -0.05) is 26.0 Å². The van der Waals surface area contributed by atoms with Crippen LogP contribution in [0.2, 0.25) is 0 Å². The third-order valence-corrected chi connectivity index (χ3v) is 3.27. The van der Waals surface area contributed by atoms with Gasteiger partial charge in [0, 0.05) is 0 Å². The first-order valence-corrected chi connectivity index (χ1v) is 6.70. The second-order valence-corrected chi connectivity index (χ2v) is 4.54. The van der Waals surface area contributed by atoms with Gasteiger partial charge in [-0.15, -0.1) is 0 Å². The van der Waals surface area contributed by atoms with E-state index in [2.05, 4.69) is 5.32 Å². The largest absolute Gasteiger partial charge is 0.497 e. The van der Waals surface area contributed by atoms with E-state index in [1.165, 1.54) is 0 Å². The monoisotopic (exact) mass is 279 g/mol. The third-order valence-electron chi connectivity index (χ3n) is 3.27. The minimum atomic E-state index is -1.01. The van der Waals surface area contributed by atoms with E-state index < -0.39 is 12.0 Å². The van der Waals surface area contributed by atoms with Crippen LogP contribution in [0.5, 0.6) is 5.75 Å². The number of carbonyl (C=O) groups excluding carboxylic acids is 1. The summed E-state index contributed by atoms with van der Waals surface area (Å²) in [5.41, 5.74) is 0.853. The molecule has 2 atom stereocenters. The van der Waals surface area contributed by atoms with Crippen molar-refractivity contribution in [2.24, 2.45) is 0 Å². The van der Waals surface area contributed by atoms with Crippen LogP contribution < -0.4 is 10.1 Å². The fourth-order valence-corrected chi connectivity index (χ4v) is 2.02. The number of hydrogen-bond donors (Lipinski definition) is 2. The molecule has 1 aromatic rings. The number of amides is 1. The maximum atomic E-state index is 12.2. The van der Waals surface area contributed by atoms with Gasteiger partial charge in [0.1, 0.15) is 11.8 Å². The van der Waals surface area contributed by atoms with E-state index in [-0.39, 0.29) is 11.8 Å². The second kappa shape index (κ2) is 7.53. The van der Waals surface area contributed by atoms with Crippen LogP contribution in [0.3, 0.4) is 0 Å². The third kappa shape index (κ3) is 3.98. The lowest BCUT2D eigenvalue weighted by atomic mass is 9.95. The molecule has 0 aromatic heterocycles. The van der Waals surface area contributed by atoms with Gasteiger partial charge in [-0.2, -0.15) is 0 Å². The predicted octanol–water partition coefficient (Wildman–Crippen LogP) is 2.17. The Bertz CT molecular complexity index is 455. The standard InChI is InChI=1S/C15H21NO4/c1-4-12(10-6-8-11(20-3)9-7-10)14(17)16-13(5-2)15(18)19/h6-9,12-13H,4-5H2,1-3H3,(H,16,17)(H,18,19). The molecule has 0 aliphatic carbocycles. The average Bonchev–Trinajstić information content (AvgIpc) is 2.45. The van der Waals surface area contributed by atoms with E-state index in [1.807, 2.05) is 19.1 Å². The summed E-state index contributed by atoms with van der Waals surface area (Å²) in [5, 5.41) is 11.6. The number of carboxylic acids is 1. The van der Waals surface area contributed by atoms with Crippen molar-refractivity contribution in [3.8, 4) is 5.75 Å². The number of carboxylic acid groups (broad SMARTS) is 1. The van der Waals surface area contributed by atoms with Crippen LogP contribution in [-0.4, -0.2) is 30.1 Å². The number of methoxy groups -OCH3 is 1. The van der Waals surface area contributed by atoms with Crippen LogP contribution in [0.4, 0.5) is 0 Å². The Hall–Kier alpha value is -2.04. The first kappa shape index (κ1) is 16.0. The highest BCUT2D eigenvalue weighted by Crippen LogP contribution is 2.22. The minimum absolute atomic E-state index is 0.257. The van der Waals surface area contributed by atoms with Gasteiger partial charge in [-0.25, -0.2) is 4.79 Å². The molecule has 0 fully saturated rings. The molecule has 0 aliphatic heterocycles. The zero-order chi connectivity index (χ0) is 15.1. The fraction of sp³-hybridized carbons (Fsp3) is 0.467. The summed E-state index contributed by atoms with van der Waals surface area (Å²) in [4.78, 5) is 23.2. The SMILES string of the molecule is CCC(NC(=O)C(CC)c1ccc(OC)cc1)C(=O)O. The summed E-state index contributed by atoms with van der Waals surface area (Å²) in [6.07, 6.45) is 0.967. The number of aliphatic carboxylic acids is 1. The van der Waals surface area contributed by atoms with Crippen molar-refractivity contribution in [2.45, 2.75) is 38.6 Å². The van der Waals surface area contributed by atoms with E-state index in [9.17, 15) is 9.59 Å². The Morgan fingerprint density at radius 1 is 1.20 bits per heavy atom. The molecule has 0 saturated heterocycles. The molecule has 1 amide bonds. The molecule has 0 saturated carbocycles. The van der Waals surface area contributed by atoms with Crippen molar-refractivity contribution in [3.05, 3.63) is 29.8 Å². The van der Waals surface area contributed by atoms with Gasteiger partial charge in [0.15, 0.2) is 0 Å². The molecular formula is C15H21NO4. The van der Waals surface area contributed by atoms with Gasteiger partial charge in [-0.05, 0) is 30.5 Å². The maximum absolute atomic E-state index is 12.2. The van der Waals surface area contributed by atoms with Crippen LogP contribution in [0, 0.1) is 0 Å². The molecule has 2 N–H and O–H groups in total. The Labute approximate surface area is 118 Å². The molecule has 5 heteroatoms. The van der Waals surface area contributed by atoms with Crippen molar-refractivity contribution in [1.82, 2.24) is 5.32 Å².